The van der Waals surface area contributed by atoms with E-state index in [9.17, 15) is 9.59 Å². The molecule has 0 aromatic carbocycles. The van der Waals surface area contributed by atoms with E-state index in [0.717, 1.165) is 82.6 Å². The Morgan fingerprint density at radius 1 is 0.633 bits per heavy atom. The summed E-state index contributed by atoms with van der Waals surface area (Å²) in [5, 5.41) is 6.48. The molecule has 0 fully saturated rings. The maximum Gasteiger partial charge on any atom is 0.305 e. The number of unbranched alkanes of at least 4 members (excludes halogenated alkanes) is 23. The fourth-order valence-corrected chi connectivity index (χ4v) is 8.25. The molecule has 0 saturated heterocycles. The zero-order valence-corrected chi connectivity index (χ0v) is 41.3. The first-order valence-electron chi connectivity index (χ1n) is 25.5. The van der Waals surface area contributed by atoms with Gasteiger partial charge in [0.1, 0.15) is 6.29 Å². The number of hydrogen-bond donors (Lipinski definition) is 2. The number of hydrogen-bond acceptors (Lipinski definition) is 10. The topological polar surface area (TPSA) is 106 Å². The Hall–Kier alpha value is -1.78. The molecular formula is C50H99N5O4S. The van der Waals surface area contributed by atoms with Crippen LogP contribution in [0.5, 0.6) is 0 Å². The number of rotatable bonds is 45. The fraction of sp³-hybridized carbons (Fsp3) is 0.920. The highest BCUT2D eigenvalue weighted by Crippen LogP contribution is 2.18. The standard InChI is InChI=1S/C32H61N5O3S.C18H38O/c1-4-5-6-10-15-21-29(2)28-40-30(39)22-16-11-9-13-18-25-37(24-17-12-7-8-14-19-27-38)26-20-23-34-32-31(33-3)35-41-36-32;1-4-6-8-10-12-14-16-18(19-3)17-15-13-11-9-7-5-2/h27,29H,4-26,28H2,1-3H3,(H,33,35)(H,34,36);18H,4-17H2,1-3H3. The Morgan fingerprint density at radius 2 is 1.10 bits per heavy atom. The van der Waals surface area contributed by atoms with E-state index in [-0.39, 0.29) is 5.97 Å². The van der Waals surface area contributed by atoms with Gasteiger partial charge in [0.25, 0.3) is 0 Å². The predicted octanol–water partition coefficient (Wildman–Crippen LogP) is 14.6. The number of nitrogens with one attached hydrogen (secondary N) is 2. The number of aldehydes is 1. The third-order valence-corrected chi connectivity index (χ3v) is 12.3. The van der Waals surface area contributed by atoms with Crippen molar-refractivity contribution in [1.29, 1.82) is 0 Å². The van der Waals surface area contributed by atoms with Gasteiger partial charge in [-0.05, 0) is 76.9 Å². The first-order chi connectivity index (χ1) is 29.4. The molecule has 0 radical (unpaired) electrons. The summed E-state index contributed by atoms with van der Waals surface area (Å²) in [6, 6.07) is 0. The number of ether oxygens (including phenoxy) is 2. The van der Waals surface area contributed by atoms with Crippen LogP contribution in [0.15, 0.2) is 0 Å². The van der Waals surface area contributed by atoms with Gasteiger partial charge < -0.3 is 29.8 Å². The largest absolute Gasteiger partial charge is 0.465 e. The van der Waals surface area contributed by atoms with Gasteiger partial charge in [-0.2, -0.15) is 8.75 Å². The highest BCUT2D eigenvalue weighted by molar-refractivity contribution is 6.99. The summed E-state index contributed by atoms with van der Waals surface area (Å²) in [6.45, 7) is 13.8. The fourth-order valence-electron chi connectivity index (χ4n) is 7.71. The molecule has 2 N–H and O–H groups in total. The van der Waals surface area contributed by atoms with Crippen molar-refractivity contribution in [2.24, 2.45) is 5.92 Å². The van der Waals surface area contributed by atoms with E-state index in [0.29, 0.717) is 31.5 Å². The van der Waals surface area contributed by atoms with Crippen molar-refractivity contribution in [1.82, 2.24) is 13.6 Å². The first kappa shape index (κ1) is 58.2. The van der Waals surface area contributed by atoms with Crippen LogP contribution >= 0.6 is 11.7 Å². The molecule has 1 aromatic rings. The minimum absolute atomic E-state index is 0.0240. The van der Waals surface area contributed by atoms with Gasteiger partial charge in [-0.3, -0.25) is 4.79 Å². The maximum absolute atomic E-state index is 12.1. The summed E-state index contributed by atoms with van der Waals surface area (Å²) >= 11 is 1.22. The van der Waals surface area contributed by atoms with Gasteiger partial charge in [0.2, 0.25) is 0 Å². The Balaban J connectivity index is 0.00000153. The van der Waals surface area contributed by atoms with Gasteiger partial charge >= 0.3 is 5.97 Å². The molecule has 60 heavy (non-hydrogen) atoms. The summed E-state index contributed by atoms with van der Waals surface area (Å²) in [5.41, 5.74) is 0. The molecule has 0 aliphatic carbocycles. The quantitative estimate of drug-likeness (QED) is 0.0377. The van der Waals surface area contributed by atoms with Crippen molar-refractivity contribution in [2.75, 3.05) is 57.6 Å². The highest BCUT2D eigenvalue weighted by Gasteiger charge is 2.10. The molecule has 1 unspecified atom stereocenters. The van der Waals surface area contributed by atoms with Gasteiger partial charge in [-0.15, -0.1) is 0 Å². The monoisotopic (exact) mass is 866 g/mol. The molecule has 9 nitrogen and oxygen atoms in total. The number of methoxy groups -OCH3 is 1. The van der Waals surface area contributed by atoms with Crippen LogP contribution in [0.2, 0.25) is 0 Å². The molecule has 0 spiro atoms. The molecule has 10 heteroatoms. The minimum atomic E-state index is -0.0240. The molecule has 1 rings (SSSR count). The lowest BCUT2D eigenvalue weighted by atomic mass is 10.0. The summed E-state index contributed by atoms with van der Waals surface area (Å²) in [4.78, 5) is 25.2. The van der Waals surface area contributed by atoms with Crippen LogP contribution in [-0.2, 0) is 19.1 Å². The number of anilines is 2. The zero-order valence-electron chi connectivity index (χ0n) is 40.5. The van der Waals surface area contributed by atoms with Gasteiger partial charge in [0.05, 0.1) is 24.4 Å². The molecule has 0 aliphatic rings. The molecule has 0 bridgehead atoms. The molecule has 1 aromatic heterocycles. The normalized spacial score (nSPS) is 11.8. The van der Waals surface area contributed by atoms with Crippen LogP contribution in [0.4, 0.5) is 11.6 Å². The maximum atomic E-state index is 12.1. The Bertz CT molecular complexity index is 1010. The summed E-state index contributed by atoms with van der Waals surface area (Å²) in [7, 11) is 3.76. The molecule has 1 heterocycles. The third-order valence-electron chi connectivity index (χ3n) is 11.7. The first-order valence-corrected chi connectivity index (χ1v) is 26.3. The van der Waals surface area contributed by atoms with Crippen molar-refractivity contribution < 1.29 is 19.1 Å². The Labute approximate surface area is 376 Å². The lowest BCUT2D eigenvalue weighted by Crippen LogP contribution is -2.28. The zero-order chi connectivity index (χ0) is 44.0. The van der Waals surface area contributed by atoms with Crippen LogP contribution < -0.4 is 10.6 Å². The van der Waals surface area contributed by atoms with Gasteiger partial charge in [0.15, 0.2) is 11.6 Å². The van der Waals surface area contributed by atoms with E-state index in [2.05, 4.69) is 52.0 Å². The van der Waals surface area contributed by atoms with Gasteiger partial charge in [-0.1, -0.05) is 175 Å². The molecule has 1 atom stereocenters. The molecule has 354 valence electrons. The smallest absolute Gasteiger partial charge is 0.305 e. The van der Waals surface area contributed by atoms with Crippen LogP contribution in [0.3, 0.4) is 0 Å². The van der Waals surface area contributed by atoms with E-state index in [4.69, 9.17) is 9.47 Å². The van der Waals surface area contributed by atoms with Gasteiger partial charge in [-0.25, -0.2) is 0 Å². The van der Waals surface area contributed by atoms with E-state index >= 15 is 0 Å². The number of carbonyl (C=O) groups excluding carboxylic acids is 2. The highest BCUT2D eigenvalue weighted by atomic mass is 32.1. The van der Waals surface area contributed by atoms with Gasteiger partial charge in [0, 0.05) is 33.5 Å². The van der Waals surface area contributed by atoms with Crippen molar-refractivity contribution in [3.63, 3.8) is 0 Å². The third kappa shape index (κ3) is 39.1. The second-order valence-corrected chi connectivity index (χ2v) is 18.1. The van der Waals surface area contributed by atoms with Crippen molar-refractivity contribution in [2.45, 2.75) is 246 Å². The van der Waals surface area contributed by atoms with Crippen LogP contribution in [0.25, 0.3) is 0 Å². The predicted molar refractivity (Wildman–Crippen MR) is 261 cm³/mol. The summed E-state index contributed by atoms with van der Waals surface area (Å²) < 4.78 is 19.7. The van der Waals surface area contributed by atoms with Crippen molar-refractivity contribution in [3.05, 3.63) is 0 Å². The second kappa shape index (κ2) is 46.7. The number of aromatic nitrogens is 2. The molecular weight excluding hydrogens is 767 g/mol. The number of carbonyl (C=O) groups is 2. The van der Waals surface area contributed by atoms with Crippen LogP contribution in [0.1, 0.15) is 240 Å². The van der Waals surface area contributed by atoms with Crippen LogP contribution in [0, 0.1) is 5.92 Å². The molecule has 0 aliphatic heterocycles. The lowest BCUT2D eigenvalue weighted by Gasteiger charge is -2.22. The number of nitrogens with zero attached hydrogens (tertiary/aromatic N) is 3. The van der Waals surface area contributed by atoms with E-state index in [1.165, 1.54) is 172 Å². The Kier molecular flexibility index (Phi) is 45.3. The van der Waals surface area contributed by atoms with E-state index in [1.807, 2.05) is 14.2 Å². The average Bonchev–Trinajstić information content (AvgIpc) is 3.72. The SMILES string of the molecule is CCCCCCCC(C)COC(=O)CCCCCCCN(CCCCCCCC=O)CCCNc1nsnc1NC.CCCCCCCCC(CCCCCCCC)OC. The summed E-state index contributed by atoms with van der Waals surface area (Å²) in [5.74, 6) is 2.11. The molecule has 0 saturated carbocycles. The summed E-state index contributed by atoms with van der Waals surface area (Å²) in [6.07, 6.45) is 42.2. The van der Waals surface area contributed by atoms with Crippen molar-refractivity contribution in [3.8, 4) is 0 Å². The lowest BCUT2D eigenvalue weighted by molar-refractivity contribution is -0.145. The van der Waals surface area contributed by atoms with Crippen molar-refractivity contribution >= 4 is 35.6 Å². The van der Waals surface area contributed by atoms with E-state index in [1.54, 1.807) is 0 Å². The second-order valence-electron chi connectivity index (χ2n) is 17.5. The minimum Gasteiger partial charge on any atom is -0.465 e. The van der Waals surface area contributed by atoms with E-state index < -0.39 is 0 Å². The number of esters is 1. The Morgan fingerprint density at radius 3 is 1.63 bits per heavy atom. The van der Waals surface area contributed by atoms with Crippen LogP contribution in [-0.4, -0.2) is 78.9 Å². The average molecular weight is 866 g/mol. The molecule has 0 amide bonds.